The van der Waals surface area contributed by atoms with Gasteiger partial charge in [0.15, 0.2) is 11.5 Å². The fraction of sp³-hybridized carbons (Fsp3) is 0.308. The van der Waals surface area contributed by atoms with Crippen molar-refractivity contribution in [2.75, 3.05) is 34.8 Å². The van der Waals surface area contributed by atoms with E-state index in [2.05, 4.69) is 34.7 Å². The number of aliphatic hydroxyl groups excluding tert-OH is 1. The maximum atomic E-state index is 14.7. The molecule has 12 heteroatoms. The second kappa shape index (κ2) is 9.89. The van der Waals surface area contributed by atoms with E-state index in [0.29, 0.717) is 52.4 Å². The van der Waals surface area contributed by atoms with Crippen molar-refractivity contribution in [1.82, 2.24) is 20.2 Å². The number of H-pyrrole nitrogens is 1. The Morgan fingerprint density at radius 3 is 2.79 bits per heavy atom. The van der Waals surface area contributed by atoms with Gasteiger partial charge in [-0.05, 0) is 42.1 Å². The summed E-state index contributed by atoms with van der Waals surface area (Å²) >= 11 is 0. The first-order valence-electron chi connectivity index (χ1n) is 12.4. The fourth-order valence-corrected chi connectivity index (χ4v) is 5.45. The number of hydrogen-bond acceptors (Lipinski definition) is 7. The number of aromatic nitrogens is 4. The highest BCUT2D eigenvalue weighted by Crippen LogP contribution is 2.40. The van der Waals surface area contributed by atoms with Crippen LogP contribution in [-0.2, 0) is 0 Å². The molecule has 38 heavy (non-hydrogen) atoms. The number of pyridine rings is 2. The Hall–Kier alpha value is -3.69. The first kappa shape index (κ1) is 24.6. The molecule has 1 aromatic carbocycles. The van der Waals surface area contributed by atoms with Gasteiger partial charge in [0.05, 0.1) is 41.5 Å². The number of benzene rings is 1. The van der Waals surface area contributed by atoms with Gasteiger partial charge in [-0.1, -0.05) is 6.07 Å². The number of nitrogens with one attached hydrogen (secondary N) is 2. The molecule has 0 radical (unpaired) electrons. The number of amides is 1. The van der Waals surface area contributed by atoms with E-state index in [1.807, 2.05) is 4.90 Å². The molecule has 6 rings (SSSR count). The van der Waals surface area contributed by atoms with E-state index in [0.717, 1.165) is 11.8 Å². The van der Waals surface area contributed by atoms with Crippen LogP contribution in [0.25, 0.3) is 11.0 Å². The lowest BCUT2D eigenvalue weighted by Crippen LogP contribution is -2.25. The highest BCUT2D eigenvalue weighted by Gasteiger charge is 2.37. The number of nitrogens with zero attached hydrogens (tertiary/aromatic N) is 5. The summed E-state index contributed by atoms with van der Waals surface area (Å²) < 4.78 is 29.3. The predicted octanol–water partition coefficient (Wildman–Crippen LogP) is 3.11. The van der Waals surface area contributed by atoms with Gasteiger partial charge in [0.1, 0.15) is 17.8 Å². The Labute approximate surface area is 219 Å². The molecule has 0 aliphatic carbocycles. The molecule has 2 fully saturated rings. The van der Waals surface area contributed by atoms with Crippen LogP contribution in [0.3, 0.4) is 0 Å². The second-order valence-corrected chi connectivity index (χ2v) is 10.4. The number of alkyl halides is 1. The number of fused-ring (bicyclic) bond motifs is 1. The standard InChI is InChI=1S/C26H26F2N7O2P/c27-15-7-22(19-9-18(38)2-3-21(19)28)35(12-15)25-20-8-16(11-30-24(20)32-33-25)31-26(37)14-1-4-23(29-10-14)34-6-5-17(36)13-34/h1-4,8-11,15,17,22,36H,5-7,12-13,38H2,(H,31,37)(H,30,32,33)/t15-,17-,22+/m0/s1. The summed E-state index contributed by atoms with van der Waals surface area (Å²) in [5.41, 5.74) is 1.68. The minimum Gasteiger partial charge on any atom is -0.391 e. The van der Waals surface area contributed by atoms with Gasteiger partial charge >= 0.3 is 0 Å². The molecule has 2 saturated heterocycles. The third-order valence-electron chi connectivity index (χ3n) is 7.05. The van der Waals surface area contributed by atoms with Crippen molar-refractivity contribution in [3.8, 4) is 0 Å². The number of anilines is 3. The molecule has 2 aliphatic rings. The monoisotopic (exact) mass is 537 g/mol. The van der Waals surface area contributed by atoms with Gasteiger partial charge in [-0.25, -0.2) is 18.7 Å². The van der Waals surface area contributed by atoms with Crippen LogP contribution in [-0.4, -0.2) is 63.1 Å². The number of aromatic amines is 1. The molecule has 196 valence electrons. The topological polar surface area (TPSA) is 110 Å². The minimum atomic E-state index is -1.14. The van der Waals surface area contributed by atoms with E-state index in [1.54, 1.807) is 35.2 Å². The highest BCUT2D eigenvalue weighted by molar-refractivity contribution is 7.27. The molecule has 1 amide bonds. The maximum absolute atomic E-state index is 14.7. The van der Waals surface area contributed by atoms with E-state index >= 15 is 0 Å². The molecule has 3 aromatic heterocycles. The summed E-state index contributed by atoms with van der Waals surface area (Å²) in [6.45, 7) is 1.30. The summed E-state index contributed by atoms with van der Waals surface area (Å²) in [7, 11) is 2.54. The molecule has 1 unspecified atom stereocenters. The van der Waals surface area contributed by atoms with Gasteiger partial charge < -0.3 is 20.2 Å². The third kappa shape index (κ3) is 4.68. The molecule has 5 heterocycles. The quantitative estimate of drug-likeness (QED) is 0.336. The lowest BCUT2D eigenvalue weighted by Gasteiger charge is -2.25. The average molecular weight is 538 g/mol. The smallest absolute Gasteiger partial charge is 0.257 e. The molecular weight excluding hydrogens is 511 g/mol. The Bertz CT molecular complexity index is 1500. The lowest BCUT2D eigenvalue weighted by molar-refractivity contribution is 0.102. The van der Waals surface area contributed by atoms with Crippen LogP contribution in [0.15, 0.2) is 48.8 Å². The molecule has 0 spiro atoms. The second-order valence-electron chi connectivity index (χ2n) is 9.70. The predicted molar refractivity (Wildman–Crippen MR) is 144 cm³/mol. The zero-order valence-electron chi connectivity index (χ0n) is 20.3. The Morgan fingerprint density at radius 2 is 2.03 bits per heavy atom. The van der Waals surface area contributed by atoms with Gasteiger partial charge in [-0.2, -0.15) is 5.10 Å². The Morgan fingerprint density at radius 1 is 1.16 bits per heavy atom. The molecule has 9 nitrogen and oxygen atoms in total. The zero-order valence-corrected chi connectivity index (χ0v) is 21.5. The minimum absolute atomic E-state index is 0.0633. The van der Waals surface area contributed by atoms with Crippen LogP contribution >= 0.6 is 9.24 Å². The molecule has 0 bridgehead atoms. The van der Waals surface area contributed by atoms with Crippen LogP contribution < -0.4 is 20.4 Å². The Balaban J connectivity index is 1.24. The van der Waals surface area contributed by atoms with Gasteiger partial charge in [0.25, 0.3) is 5.91 Å². The van der Waals surface area contributed by atoms with Crippen molar-refractivity contribution in [1.29, 1.82) is 0 Å². The van der Waals surface area contributed by atoms with Crippen LogP contribution in [0.1, 0.15) is 34.8 Å². The third-order valence-corrected chi connectivity index (χ3v) is 7.41. The first-order valence-corrected chi connectivity index (χ1v) is 12.9. The maximum Gasteiger partial charge on any atom is 0.257 e. The normalized spacial score (nSPS) is 21.4. The number of carbonyl (C=O) groups excluding carboxylic acids is 1. The molecule has 4 atom stereocenters. The van der Waals surface area contributed by atoms with Crippen molar-refractivity contribution >= 4 is 48.8 Å². The van der Waals surface area contributed by atoms with E-state index in [9.17, 15) is 18.7 Å². The number of aliphatic hydroxyl groups is 1. The van der Waals surface area contributed by atoms with Gasteiger partial charge in [0, 0.05) is 31.3 Å². The van der Waals surface area contributed by atoms with Crippen LogP contribution in [0.5, 0.6) is 0 Å². The summed E-state index contributed by atoms with van der Waals surface area (Å²) in [5, 5.41) is 21.2. The van der Waals surface area contributed by atoms with E-state index in [-0.39, 0.29) is 25.0 Å². The van der Waals surface area contributed by atoms with Crippen molar-refractivity contribution in [3.63, 3.8) is 0 Å². The van der Waals surface area contributed by atoms with Crippen molar-refractivity contribution in [3.05, 3.63) is 65.7 Å². The molecule has 2 aliphatic heterocycles. The van der Waals surface area contributed by atoms with E-state index in [1.165, 1.54) is 18.5 Å². The Kier molecular flexibility index (Phi) is 6.41. The summed E-state index contributed by atoms with van der Waals surface area (Å²) in [6, 6.07) is 9.37. The largest absolute Gasteiger partial charge is 0.391 e. The average Bonchev–Trinajstić information content (AvgIpc) is 3.63. The van der Waals surface area contributed by atoms with Crippen LogP contribution in [0.2, 0.25) is 0 Å². The van der Waals surface area contributed by atoms with Crippen molar-refractivity contribution in [2.24, 2.45) is 0 Å². The number of carbonyl (C=O) groups is 1. The fourth-order valence-electron chi connectivity index (χ4n) is 5.17. The number of β-amino-alcohol motifs (C(OH)–C–C–N with tert-alkyl or cyclic N) is 1. The van der Waals surface area contributed by atoms with E-state index < -0.39 is 18.0 Å². The van der Waals surface area contributed by atoms with Crippen LogP contribution in [0, 0.1) is 5.82 Å². The summed E-state index contributed by atoms with van der Waals surface area (Å²) in [4.78, 5) is 25.4. The molecule has 4 aromatic rings. The molecule has 3 N–H and O–H groups in total. The number of hydrogen-bond donors (Lipinski definition) is 3. The lowest BCUT2D eigenvalue weighted by atomic mass is 10.0. The number of rotatable bonds is 5. The zero-order chi connectivity index (χ0) is 26.4. The summed E-state index contributed by atoms with van der Waals surface area (Å²) in [5.74, 6) is 0.394. The SMILES string of the molecule is O=C(Nc1cnc2[nH]nc(N3C[C@@H](F)C[C@@H]3c3cc(P)ccc3F)c2c1)c1ccc(N2CC[C@H](O)C2)nc1. The van der Waals surface area contributed by atoms with E-state index in [4.69, 9.17) is 0 Å². The van der Waals surface area contributed by atoms with Gasteiger partial charge in [-0.3, -0.25) is 9.89 Å². The van der Waals surface area contributed by atoms with Gasteiger partial charge in [0.2, 0.25) is 0 Å². The first-order chi connectivity index (χ1) is 18.4. The van der Waals surface area contributed by atoms with Crippen LogP contribution in [0.4, 0.5) is 26.1 Å². The molecule has 0 saturated carbocycles. The number of halogens is 2. The van der Waals surface area contributed by atoms with Gasteiger partial charge in [-0.15, -0.1) is 9.24 Å². The highest BCUT2D eigenvalue weighted by atomic mass is 31.0. The van der Waals surface area contributed by atoms with Crippen molar-refractivity contribution < 1.29 is 18.7 Å². The molecular formula is C26H26F2N7O2P. The van der Waals surface area contributed by atoms with Crippen molar-refractivity contribution in [2.45, 2.75) is 31.2 Å². The summed E-state index contributed by atoms with van der Waals surface area (Å²) in [6.07, 6.45) is 2.33.